The van der Waals surface area contributed by atoms with E-state index in [2.05, 4.69) is 0 Å². The van der Waals surface area contributed by atoms with Crippen LogP contribution >= 0.6 is 11.8 Å². The van der Waals surface area contributed by atoms with Crippen LogP contribution in [0.2, 0.25) is 0 Å². The van der Waals surface area contributed by atoms with E-state index in [1.54, 1.807) is 18.9 Å². The van der Waals surface area contributed by atoms with Crippen LogP contribution in [0.4, 0.5) is 0 Å². The Balaban J connectivity index is 1.43. The summed E-state index contributed by atoms with van der Waals surface area (Å²) in [6, 6.07) is 6.03. The predicted molar refractivity (Wildman–Crippen MR) is 113 cm³/mol. The molecule has 3 aliphatic rings. The van der Waals surface area contributed by atoms with E-state index in [0.717, 1.165) is 55.8 Å². The fourth-order valence-corrected chi connectivity index (χ4v) is 5.68. The van der Waals surface area contributed by atoms with Gasteiger partial charge in [-0.05, 0) is 56.2 Å². The molecule has 1 aromatic rings. The average Bonchev–Trinajstić information content (AvgIpc) is 3.46. The molecule has 0 radical (unpaired) electrons. The SMILES string of the molecule is COc1ccc(C2SCC(=O)N2CCCN2CCCC2=O)cc1OC1CCCC1. The minimum absolute atomic E-state index is 0.00591. The van der Waals surface area contributed by atoms with E-state index in [4.69, 9.17) is 9.47 Å². The molecule has 158 valence electrons. The Labute approximate surface area is 176 Å². The average molecular weight is 419 g/mol. The highest BCUT2D eigenvalue weighted by molar-refractivity contribution is 8.00. The third-order valence-electron chi connectivity index (χ3n) is 6.04. The molecule has 4 rings (SSSR count). The van der Waals surface area contributed by atoms with Crippen molar-refractivity contribution < 1.29 is 19.1 Å². The van der Waals surface area contributed by atoms with Crippen molar-refractivity contribution in [2.24, 2.45) is 0 Å². The zero-order valence-electron chi connectivity index (χ0n) is 17.1. The van der Waals surface area contributed by atoms with Crippen molar-refractivity contribution in [1.29, 1.82) is 0 Å². The molecule has 3 fully saturated rings. The first-order chi connectivity index (χ1) is 14.2. The third-order valence-corrected chi connectivity index (χ3v) is 7.29. The maximum absolute atomic E-state index is 12.5. The largest absolute Gasteiger partial charge is 0.493 e. The van der Waals surface area contributed by atoms with E-state index in [0.29, 0.717) is 18.7 Å². The quantitative estimate of drug-likeness (QED) is 0.646. The molecule has 0 N–H and O–H groups in total. The highest BCUT2D eigenvalue weighted by atomic mass is 32.2. The Hall–Kier alpha value is -1.89. The van der Waals surface area contributed by atoms with Gasteiger partial charge < -0.3 is 19.3 Å². The van der Waals surface area contributed by atoms with E-state index < -0.39 is 0 Å². The summed E-state index contributed by atoms with van der Waals surface area (Å²) >= 11 is 1.66. The van der Waals surface area contributed by atoms with Crippen molar-refractivity contribution in [2.75, 3.05) is 32.5 Å². The van der Waals surface area contributed by atoms with Crippen molar-refractivity contribution in [1.82, 2.24) is 9.80 Å². The third kappa shape index (κ3) is 4.65. The summed E-state index contributed by atoms with van der Waals surface area (Å²) in [5, 5.41) is -0.00591. The number of carbonyl (C=O) groups excluding carboxylic acids is 2. The molecule has 1 unspecified atom stereocenters. The zero-order valence-corrected chi connectivity index (χ0v) is 17.9. The number of nitrogens with zero attached hydrogens (tertiary/aromatic N) is 2. The lowest BCUT2D eigenvalue weighted by molar-refractivity contribution is -0.128. The minimum atomic E-state index is -0.00591. The summed E-state index contributed by atoms with van der Waals surface area (Å²) in [7, 11) is 1.66. The summed E-state index contributed by atoms with van der Waals surface area (Å²) in [6.07, 6.45) is 7.30. The van der Waals surface area contributed by atoms with Gasteiger partial charge in [0.05, 0.1) is 19.0 Å². The number of carbonyl (C=O) groups is 2. The number of rotatable bonds is 8. The standard InChI is InChI=1S/C22H30N2O4S/c1-27-18-10-9-16(14-19(18)28-17-6-2-3-7-17)22-24(21(26)15-29-22)13-5-12-23-11-4-8-20(23)25/h9-10,14,17,22H,2-8,11-13,15H2,1H3. The zero-order chi connectivity index (χ0) is 20.2. The summed E-state index contributed by atoms with van der Waals surface area (Å²) in [5.74, 6) is 2.43. The van der Waals surface area contributed by atoms with E-state index in [1.165, 1.54) is 12.8 Å². The maximum Gasteiger partial charge on any atom is 0.233 e. The van der Waals surface area contributed by atoms with Crippen molar-refractivity contribution in [3.05, 3.63) is 23.8 Å². The number of methoxy groups -OCH3 is 1. The van der Waals surface area contributed by atoms with Gasteiger partial charge in [0.2, 0.25) is 11.8 Å². The Morgan fingerprint density at radius 2 is 1.90 bits per heavy atom. The van der Waals surface area contributed by atoms with Gasteiger partial charge in [0, 0.05) is 26.1 Å². The summed E-state index contributed by atoms with van der Waals surface area (Å²) < 4.78 is 11.7. The molecule has 1 atom stereocenters. The molecular weight excluding hydrogens is 388 g/mol. The second-order valence-corrected chi connectivity index (χ2v) is 9.09. The Bertz CT molecular complexity index is 750. The Kier molecular flexibility index (Phi) is 6.53. The number of likely N-dealkylation sites (tertiary alicyclic amines) is 1. The summed E-state index contributed by atoms with van der Waals surface area (Å²) in [5.41, 5.74) is 1.08. The molecule has 0 spiro atoms. The fourth-order valence-electron chi connectivity index (χ4n) is 4.47. The molecule has 2 aliphatic heterocycles. The molecule has 2 heterocycles. The van der Waals surface area contributed by atoms with Gasteiger partial charge in [0.1, 0.15) is 5.37 Å². The van der Waals surface area contributed by atoms with Gasteiger partial charge in [-0.15, -0.1) is 11.8 Å². The summed E-state index contributed by atoms with van der Waals surface area (Å²) in [6.45, 7) is 2.26. The fraction of sp³-hybridized carbons (Fsp3) is 0.636. The number of hydrogen-bond acceptors (Lipinski definition) is 5. The van der Waals surface area contributed by atoms with Crippen molar-refractivity contribution in [3.8, 4) is 11.5 Å². The smallest absolute Gasteiger partial charge is 0.233 e. The lowest BCUT2D eigenvalue weighted by Gasteiger charge is -2.26. The summed E-state index contributed by atoms with van der Waals surface area (Å²) in [4.78, 5) is 28.2. The van der Waals surface area contributed by atoms with Gasteiger partial charge in [-0.3, -0.25) is 9.59 Å². The highest BCUT2D eigenvalue weighted by Gasteiger charge is 2.33. The van der Waals surface area contributed by atoms with Crippen LogP contribution in [0, 0.1) is 0 Å². The van der Waals surface area contributed by atoms with Crippen LogP contribution in [-0.2, 0) is 9.59 Å². The van der Waals surface area contributed by atoms with Crippen LogP contribution in [0.5, 0.6) is 11.5 Å². The number of hydrogen-bond donors (Lipinski definition) is 0. The second kappa shape index (κ2) is 9.28. The number of amides is 2. The van der Waals surface area contributed by atoms with E-state index in [-0.39, 0.29) is 23.3 Å². The van der Waals surface area contributed by atoms with Crippen molar-refractivity contribution >= 4 is 23.6 Å². The van der Waals surface area contributed by atoms with Crippen LogP contribution in [-0.4, -0.2) is 60.2 Å². The number of thioether (sulfide) groups is 1. The molecule has 1 aliphatic carbocycles. The first kappa shape index (κ1) is 20.4. The number of benzene rings is 1. The molecule has 7 heteroatoms. The van der Waals surface area contributed by atoms with Gasteiger partial charge in [0.25, 0.3) is 0 Å². The van der Waals surface area contributed by atoms with Gasteiger partial charge in [-0.1, -0.05) is 6.07 Å². The molecule has 2 amide bonds. The van der Waals surface area contributed by atoms with Crippen LogP contribution in [0.25, 0.3) is 0 Å². The van der Waals surface area contributed by atoms with E-state index >= 15 is 0 Å². The van der Waals surface area contributed by atoms with Gasteiger partial charge in [0.15, 0.2) is 11.5 Å². The molecular formula is C22H30N2O4S. The molecule has 0 bridgehead atoms. The monoisotopic (exact) mass is 418 g/mol. The normalized spacial score (nSPS) is 22.7. The van der Waals surface area contributed by atoms with Gasteiger partial charge in [-0.25, -0.2) is 0 Å². The first-order valence-corrected chi connectivity index (χ1v) is 11.7. The second-order valence-electron chi connectivity index (χ2n) is 8.02. The topological polar surface area (TPSA) is 59.1 Å². The first-order valence-electron chi connectivity index (χ1n) is 10.7. The Morgan fingerprint density at radius 1 is 1.07 bits per heavy atom. The van der Waals surface area contributed by atoms with Crippen molar-refractivity contribution in [3.63, 3.8) is 0 Å². The molecule has 1 saturated carbocycles. The van der Waals surface area contributed by atoms with Crippen LogP contribution in [0.1, 0.15) is 55.9 Å². The predicted octanol–water partition coefficient (Wildman–Crippen LogP) is 3.60. The lowest BCUT2D eigenvalue weighted by atomic mass is 10.1. The highest BCUT2D eigenvalue weighted by Crippen LogP contribution is 2.42. The molecule has 1 aromatic carbocycles. The van der Waals surface area contributed by atoms with Crippen LogP contribution in [0.15, 0.2) is 18.2 Å². The van der Waals surface area contributed by atoms with Crippen LogP contribution < -0.4 is 9.47 Å². The van der Waals surface area contributed by atoms with E-state index in [9.17, 15) is 9.59 Å². The molecule has 6 nitrogen and oxygen atoms in total. The molecule has 0 aromatic heterocycles. The van der Waals surface area contributed by atoms with Gasteiger partial charge in [-0.2, -0.15) is 0 Å². The Morgan fingerprint density at radius 3 is 2.62 bits per heavy atom. The van der Waals surface area contributed by atoms with Crippen molar-refractivity contribution in [2.45, 2.75) is 56.4 Å². The van der Waals surface area contributed by atoms with Crippen LogP contribution in [0.3, 0.4) is 0 Å². The molecule has 29 heavy (non-hydrogen) atoms. The lowest BCUT2D eigenvalue weighted by Crippen LogP contribution is -2.33. The molecule has 2 saturated heterocycles. The maximum atomic E-state index is 12.5. The minimum Gasteiger partial charge on any atom is -0.493 e. The van der Waals surface area contributed by atoms with E-state index in [1.807, 2.05) is 28.0 Å². The van der Waals surface area contributed by atoms with Gasteiger partial charge >= 0.3 is 0 Å². The number of ether oxygens (including phenoxy) is 2.